The zero-order valence-corrected chi connectivity index (χ0v) is 12.3. The van der Waals surface area contributed by atoms with Crippen molar-refractivity contribution in [1.82, 2.24) is 4.90 Å². The highest BCUT2D eigenvalue weighted by atomic mass is 32.2. The van der Waals surface area contributed by atoms with Crippen LogP contribution in [-0.4, -0.2) is 29.4 Å². The lowest BCUT2D eigenvalue weighted by Crippen LogP contribution is -2.30. The Morgan fingerprint density at radius 1 is 1.42 bits per heavy atom. The molecule has 1 rings (SSSR count). The molecule has 19 heavy (non-hydrogen) atoms. The summed E-state index contributed by atoms with van der Waals surface area (Å²) >= 11 is 1.69. The standard InChI is InChI=1S/C14H19F2NOS/c1-4-19-8-7-14(18)17(3)10(2)12-9-11(15)5-6-13(12)16/h5-6,9-10H,4,7-8H2,1-3H3. The Morgan fingerprint density at radius 3 is 2.74 bits per heavy atom. The van der Waals surface area contributed by atoms with Crippen molar-refractivity contribution in [3.63, 3.8) is 0 Å². The second-order valence-corrected chi connectivity index (χ2v) is 5.69. The van der Waals surface area contributed by atoms with Crippen LogP contribution in [0.5, 0.6) is 0 Å². The maximum atomic E-state index is 13.6. The highest BCUT2D eigenvalue weighted by molar-refractivity contribution is 7.99. The maximum absolute atomic E-state index is 13.6. The highest BCUT2D eigenvalue weighted by Crippen LogP contribution is 2.23. The first-order chi connectivity index (χ1) is 8.97. The van der Waals surface area contributed by atoms with Crippen LogP contribution in [0, 0.1) is 11.6 Å². The van der Waals surface area contributed by atoms with Crippen molar-refractivity contribution < 1.29 is 13.6 Å². The summed E-state index contributed by atoms with van der Waals surface area (Å²) in [6.07, 6.45) is 0.413. The minimum absolute atomic E-state index is 0.0582. The Kier molecular flexibility index (Phi) is 6.28. The largest absolute Gasteiger partial charge is 0.339 e. The van der Waals surface area contributed by atoms with Crippen LogP contribution in [0.1, 0.15) is 31.9 Å². The molecule has 0 aliphatic rings. The molecule has 0 saturated carbocycles. The summed E-state index contributed by atoms with van der Waals surface area (Å²) in [4.78, 5) is 13.4. The Hall–Kier alpha value is -1.10. The number of rotatable bonds is 6. The number of hydrogen-bond acceptors (Lipinski definition) is 2. The van der Waals surface area contributed by atoms with Crippen molar-refractivity contribution in [2.24, 2.45) is 0 Å². The molecule has 0 radical (unpaired) electrons. The van der Waals surface area contributed by atoms with Crippen LogP contribution in [-0.2, 0) is 4.79 Å². The van der Waals surface area contributed by atoms with E-state index in [2.05, 4.69) is 0 Å². The molecule has 0 spiro atoms. The van der Waals surface area contributed by atoms with Gasteiger partial charge in [-0.15, -0.1) is 0 Å². The zero-order valence-electron chi connectivity index (χ0n) is 11.5. The fraction of sp³-hybridized carbons (Fsp3) is 0.500. The first-order valence-corrected chi connectivity index (χ1v) is 7.41. The molecule has 5 heteroatoms. The number of carbonyl (C=O) groups excluding carboxylic acids is 1. The summed E-state index contributed by atoms with van der Waals surface area (Å²) in [6, 6.07) is 2.83. The molecule has 0 aromatic heterocycles. The third-order valence-electron chi connectivity index (χ3n) is 3.05. The molecule has 0 N–H and O–H groups in total. The third-order valence-corrected chi connectivity index (χ3v) is 3.95. The number of carbonyl (C=O) groups is 1. The molecular formula is C14H19F2NOS. The molecule has 1 aromatic rings. The van der Waals surface area contributed by atoms with Crippen molar-refractivity contribution in [2.75, 3.05) is 18.6 Å². The summed E-state index contributed by atoms with van der Waals surface area (Å²) in [5, 5.41) is 0. The van der Waals surface area contributed by atoms with E-state index in [0.717, 1.165) is 29.7 Å². The molecule has 1 amide bonds. The van der Waals surface area contributed by atoms with Crippen LogP contribution in [0.3, 0.4) is 0 Å². The van der Waals surface area contributed by atoms with Crippen molar-refractivity contribution in [2.45, 2.75) is 26.3 Å². The van der Waals surface area contributed by atoms with E-state index in [1.807, 2.05) is 6.92 Å². The van der Waals surface area contributed by atoms with Crippen molar-refractivity contribution in [1.29, 1.82) is 0 Å². The second-order valence-electron chi connectivity index (χ2n) is 4.29. The van der Waals surface area contributed by atoms with Crippen LogP contribution in [0.2, 0.25) is 0 Å². The van der Waals surface area contributed by atoms with Gasteiger partial charge in [-0.25, -0.2) is 8.78 Å². The average Bonchev–Trinajstić information content (AvgIpc) is 2.40. The van der Waals surface area contributed by atoms with Crippen LogP contribution >= 0.6 is 11.8 Å². The van der Waals surface area contributed by atoms with Gasteiger partial charge in [-0.2, -0.15) is 11.8 Å². The van der Waals surface area contributed by atoms with Crippen molar-refractivity contribution in [3.05, 3.63) is 35.4 Å². The molecule has 0 bridgehead atoms. The second kappa shape index (κ2) is 7.48. The Bertz CT molecular complexity index is 439. The predicted octanol–water partition coefficient (Wildman–Crippen LogP) is 3.63. The van der Waals surface area contributed by atoms with Crippen molar-refractivity contribution >= 4 is 17.7 Å². The molecular weight excluding hydrogens is 268 g/mol. The van der Waals surface area contributed by atoms with E-state index in [-0.39, 0.29) is 11.5 Å². The molecule has 0 saturated heterocycles. The van der Waals surface area contributed by atoms with E-state index in [1.54, 1.807) is 25.7 Å². The number of hydrogen-bond donors (Lipinski definition) is 0. The molecule has 1 atom stereocenters. The Morgan fingerprint density at radius 2 is 2.11 bits per heavy atom. The number of thioether (sulfide) groups is 1. The van der Waals surface area contributed by atoms with Gasteiger partial charge in [0, 0.05) is 24.8 Å². The normalized spacial score (nSPS) is 12.3. The van der Waals surface area contributed by atoms with E-state index in [9.17, 15) is 13.6 Å². The summed E-state index contributed by atoms with van der Waals surface area (Å²) in [5.74, 6) is 0.669. The number of benzene rings is 1. The first kappa shape index (κ1) is 16.0. The van der Waals surface area contributed by atoms with Crippen LogP contribution < -0.4 is 0 Å². The van der Waals surface area contributed by atoms with Gasteiger partial charge in [0.05, 0.1) is 6.04 Å². The quantitative estimate of drug-likeness (QED) is 0.745. The summed E-state index contributed by atoms with van der Waals surface area (Å²) in [7, 11) is 1.62. The maximum Gasteiger partial charge on any atom is 0.223 e. The van der Waals surface area contributed by atoms with Gasteiger partial charge in [0.2, 0.25) is 5.91 Å². The molecule has 0 aliphatic carbocycles. The highest BCUT2D eigenvalue weighted by Gasteiger charge is 2.20. The molecule has 106 valence electrons. The summed E-state index contributed by atoms with van der Waals surface area (Å²) in [5.41, 5.74) is 0.207. The van der Waals surface area contributed by atoms with E-state index in [4.69, 9.17) is 0 Å². The number of amides is 1. The number of nitrogens with zero attached hydrogens (tertiary/aromatic N) is 1. The van der Waals surface area contributed by atoms with Gasteiger partial charge < -0.3 is 4.90 Å². The van der Waals surface area contributed by atoms with E-state index in [1.165, 1.54) is 4.90 Å². The van der Waals surface area contributed by atoms with E-state index >= 15 is 0 Å². The van der Waals surface area contributed by atoms with Crippen LogP contribution in [0.25, 0.3) is 0 Å². The SMILES string of the molecule is CCSCCC(=O)N(C)C(C)c1cc(F)ccc1F. The lowest BCUT2D eigenvalue weighted by atomic mass is 10.1. The van der Waals surface area contributed by atoms with Gasteiger partial charge in [0.25, 0.3) is 0 Å². The fourth-order valence-corrected chi connectivity index (χ4v) is 2.35. The van der Waals surface area contributed by atoms with Crippen LogP contribution in [0.15, 0.2) is 18.2 Å². The monoisotopic (exact) mass is 287 g/mol. The van der Waals surface area contributed by atoms with Crippen molar-refractivity contribution in [3.8, 4) is 0 Å². The van der Waals surface area contributed by atoms with Gasteiger partial charge in [0.15, 0.2) is 0 Å². The molecule has 1 unspecified atom stereocenters. The lowest BCUT2D eigenvalue weighted by Gasteiger charge is -2.25. The molecule has 0 heterocycles. The van der Waals surface area contributed by atoms with E-state index < -0.39 is 17.7 Å². The van der Waals surface area contributed by atoms with Gasteiger partial charge in [-0.3, -0.25) is 4.79 Å². The fourth-order valence-electron chi connectivity index (χ4n) is 1.74. The minimum atomic E-state index is -0.495. The average molecular weight is 287 g/mol. The van der Waals surface area contributed by atoms with E-state index in [0.29, 0.717) is 6.42 Å². The molecule has 0 fully saturated rings. The number of halogens is 2. The molecule has 0 aliphatic heterocycles. The van der Waals surface area contributed by atoms with Gasteiger partial charge >= 0.3 is 0 Å². The van der Waals surface area contributed by atoms with Gasteiger partial charge in [-0.05, 0) is 30.9 Å². The summed E-state index contributed by atoms with van der Waals surface area (Å²) in [6.45, 7) is 3.73. The first-order valence-electron chi connectivity index (χ1n) is 6.25. The van der Waals surface area contributed by atoms with Gasteiger partial charge in [0.1, 0.15) is 11.6 Å². The Balaban J connectivity index is 2.72. The Labute approximate surface area is 117 Å². The molecule has 1 aromatic carbocycles. The smallest absolute Gasteiger partial charge is 0.223 e. The van der Waals surface area contributed by atoms with Crippen LogP contribution in [0.4, 0.5) is 8.78 Å². The zero-order chi connectivity index (χ0) is 14.4. The topological polar surface area (TPSA) is 20.3 Å². The third kappa shape index (κ3) is 4.49. The summed E-state index contributed by atoms with van der Waals surface area (Å²) < 4.78 is 26.8. The van der Waals surface area contributed by atoms with Gasteiger partial charge in [-0.1, -0.05) is 6.92 Å². The minimum Gasteiger partial charge on any atom is -0.339 e. The lowest BCUT2D eigenvalue weighted by molar-refractivity contribution is -0.131. The molecule has 2 nitrogen and oxygen atoms in total. The predicted molar refractivity (Wildman–Crippen MR) is 75.2 cm³/mol.